The van der Waals surface area contributed by atoms with Gasteiger partial charge < -0.3 is 10.4 Å². The van der Waals surface area contributed by atoms with Gasteiger partial charge in [0.2, 0.25) is 0 Å². The monoisotopic (exact) mass is 241 g/mol. The second-order valence-corrected chi connectivity index (χ2v) is 6.49. The first-order chi connectivity index (χ1) is 7.91. The summed E-state index contributed by atoms with van der Waals surface area (Å²) in [7, 11) is 0. The van der Waals surface area contributed by atoms with Gasteiger partial charge in [-0.3, -0.25) is 0 Å². The molecule has 0 amide bonds. The largest absolute Gasteiger partial charge is 0.392 e. The lowest BCUT2D eigenvalue weighted by Gasteiger charge is -2.36. The molecular formula is C15H31NO. The van der Waals surface area contributed by atoms with Gasteiger partial charge in [0, 0.05) is 12.1 Å². The molecule has 1 saturated carbocycles. The Balaban J connectivity index is 2.44. The summed E-state index contributed by atoms with van der Waals surface area (Å²) < 4.78 is 0. The van der Waals surface area contributed by atoms with Crippen LogP contribution in [0.4, 0.5) is 0 Å². The van der Waals surface area contributed by atoms with Crippen molar-refractivity contribution in [3.63, 3.8) is 0 Å². The number of hydrogen-bond donors (Lipinski definition) is 2. The van der Waals surface area contributed by atoms with Gasteiger partial charge in [0.1, 0.15) is 0 Å². The smallest absolute Gasteiger partial charge is 0.0667 e. The Labute approximate surface area is 107 Å². The van der Waals surface area contributed by atoms with Gasteiger partial charge in [-0.15, -0.1) is 0 Å². The molecule has 1 rings (SSSR count). The molecule has 0 heterocycles. The van der Waals surface area contributed by atoms with Crippen LogP contribution in [0.5, 0.6) is 0 Å². The molecule has 0 bridgehead atoms. The number of nitrogens with one attached hydrogen (secondary N) is 1. The molecule has 17 heavy (non-hydrogen) atoms. The average Bonchev–Trinajstić information content (AvgIpc) is 2.25. The SMILES string of the molecule is CC1CCC(C(C)NC(C(C)C)C(C)O)CC1. The highest BCUT2D eigenvalue weighted by Gasteiger charge is 2.27. The van der Waals surface area contributed by atoms with Gasteiger partial charge in [0.05, 0.1) is 6.10 Å². The van der Waals surface area contributed by atoms with E-state index in [1.807, 2.05) is 6.92 Å². The molecule has 102 valence electrons. The highest BCUT2D eigenvalue weighted by atomic mass is 16.3. The number of aliphatic hydroxyl groups excluding tert-OH is 1. The molecule has 3 unspecified atom stereocenters. The molecule has 1 aliphatic rings. The quantitative estimate of drug-likeness (QED) is 0.775. The Morgan fingerprint density at radius 2 is 1.53 bits per heavy atom. The van der Waals surface area contributed by atoms with E-state index >= 15 is 0 Å². The summed E-state index contributed by atoms with van der Waals surface area (Å²) in [5.41, 5.74) is 0. The zero-order chi connectivity index (χ0) is 13.0. The second kappa shape index (κ2) is 6.75. The van der Waals surface area contributed by atoms with Gasteiger partial charge in [-0.2, -0.15) is 0 Å². The fourth-order valence-corrected chi connectivity index (χ4v) is 3.11. The third kappa shape index (κ3) is 4.59. The molecule has 1 fully saturated rings. The molecule has 1 aliphatic carbocycles. The van der Waals surface area contributed by atoms with Gasteiger partial charge in [-0.05, 0) is 44.4 Å². The molecule has 2 N–H and O–H groups in total. The third-order valence-corrected chi connectivity index (χ3v) is 4.46. The van der Waals surface area contributed by atoms with E-state index < -0.39 is 0 Å². The summed E-state index contributed by atoms with van der Waals surface area (Å²) in [4.78, 5) is 0. The van der Waals surface area contributed by atoms with Gasteiger partial charge in [-0.1, -0.05) is 33.6 Å². The Morgan fingerprint density at radius 3 is 1.94 bits per heavy atom. The van der Waals surface area contributed by atoms with E-state index in [9.17, 15) is 5.11 Å². The molecule has 2 heteroatoms. The van der Waals surface area contributed by atoms with E-state index in [4.69, 9.17) is 0 Å². The first-order valence-corrected chi connectivity index (χ1v) is 7.36. The van der Waals surface area contributed by atoms with Crippen molar-refractivity contribution in [3.8, 4) is 0 Å². The zero-order valence-electron chi connectivity index (χ0n) is 12.2. The summed E-state index contributed by atoms with van der Waals surface area (Å²) in [6.07, 6.45) is 5.18. The molecule has 0 radical (unpaired) electrons. The number of aliphatic hydroxyl groups is 1. The van der Waals surface area contributed by atoms with Gasteiger partial charge >= 0.3 is 0 Å². The van der Waals surface area contributed by atoms with Crippen LogP contribution in [0.1, 0.15) is 60.3 Å². The van der Waals surface area contributed by atoms with Crippen LogP contribution in [0.25, 0.3) is 0 Å². The molecular weight excluding hydrogens is 210 g/mol. The standard InChI is InChI=1S/C15H31NO/c1-10(2)15(13(5)17)16-12(4)14-8-6-11(3)7-9-14/h10-17H,6-9H2,1-5H3. The Morgan fingerprint density at radius 1 is 1.00 bits per heavy atom. The van der Waals surface area contributed by atoms with Crippen molar-refractivity contribution in [2.75, 3.05) is 0 Å². The maximum absolute atomic E-state index is 9.81. The summed E-state index contributed by atoms with van der Waals surface area (Å²) in [6.45, 7) is 10.9. The Kier molecular flexibility index (Phi) is 5.94. The number of hydrogen-bond acceptors (Lipinski definition) is 2. The van der Waals surface area contributed by atoms with Crippen molar-refractivity contribution in [3.05, 3.63) is 0 Å². The van der Waals surface area contributed by atoms with E-state index in [1.165, 1.54) is 25.7 Å². The predicted octanol–water partition coefficient (Wildman–Crippen LogP) is 3.20. The third-order valence-electron chi connectivity index (χ3n) is 4.46. The molecule has 0 aromatic rings. The normalized spacial score (nSPS) is 31.2. The van der Waals surface area contributed by atoms with Crippen molar-refractivity contribution < 1.29 is 5.11 Å². The Hall–Kier alpha value is -0.0800. The van der Waals surface area contributed by atoms with E-state index in [2.05, 4.69) is 33.0 Å². The van der Waals surface area contributed by atoms with Gasteiger partial charge in [-0.25, -0.2) is 0 Å². The van der Waals surface area contributed by atoms with Crippen molar-refractivity contribution in [2.24, 2.45) is 17.8 Å². The summed E-state index contributed by atoms with van der Waals surface area (Å²) in [5.74, 6) is 2.20. The molecule has 0 aromatic heterocycles. The van der Waals surface area contributed by atoms with Crippen LogP contribution in [-0.4, -0.2) is 23.3 Å². The predicted molar refractivity (Wildman–Crippen MR) is 74.0 cm³/mol. The van der Waals surface area contributed by atoms with Gasteiger partial charge in [0.15, 0.2) is 0 Å². The minimum Gasteiger partial charge on any atom is -0.392 e. The average molecular weight is 241 g/mol. The topological polar surface area (TPSA) is 32.3 Å². The zero-order valence-corrected chi connectivity index (χ0v) is 12.2. The van der Waals surface area contributed by atoms with Crippen LogP contribution < -0.4 is 5.32 Å². The number of rotatable bonds is 5. The maximum Gasteiger partial charge on any atom is 0.0667 e. The maximum atomic E-state index is 9.81. The first-order valence-electron chi connectivity index (χ1n) is 7.36. The van der Waals surface area contributed by atoms with Crippen LogP contribution in [0.3, 0.4) is 0 Å². The second-order valence-electron chi connectivity index (χ2n) is 6.49. The summed E-state index contributed by atoms with van der Waals surface area (Å²) >= 11 is 0. The van der Waals surface area contributed by atoms with E-state index in [0.717, 1.165) is 11.8 Å². The van der Waals surface area contributed by atoms with Crippen molar-refractivity contribution in [1.82, 2.24) is 5.32 Å². The molecule has 0 spiro atoms. The van der Waals surface area contributed by atoms with Crippen LogP contribution in [0.2, 0.25) is 0 Å². The van der Waals surface area contributed by atoms with Crippen LogP contribution >= 0.6 is 0 Å². The fraction of sp³-hybridized carbons (Fsp3) is 1.00. The van der Waals surface area contributed by atoms with Crippen LogP contribution in [0, 0.1) is 17.8 Å². The van der Waals surface area contributed by atoms with E-state index in [0.29, 0.717) is 12.0 Å². The lowest BCUT2D eigenvalue weighted by atomic mass is 9.79. The molecule has 0 aliphatic heterocycles. The summed E-state index contributed by atoms with van der Waals surface area (Å²) in [5, 5.41) is 13.5. The Bertz CT molecular complexity index is 199. The first kappa shape index (κ1) is 15.0. The highest BCUT2D eigenvalue weighted by molar-refractivity contribution is 4.84. The van der Waals surface area contributed by atoms with Crippen LogP contribution in [0.15, 0.2) is 0 Å². The molecule has 0 saturated heterocycles. The lowest BCUT2D eigenvalue weighted by molar-refractivity contribution is 0.102. The highest BCUT2D eigenvalue weighted by Crippen LogP contribution is 2.30. The summed E-state index contributed by atoms with van der Waals surface area (Å²) in [6, 6.07) is 0.758. The minimum atomic E-state index is -0.264. The lowest BCUT2D eigenvalue weighted by Crippen LogP contribution is -2.49. The van der Waals surface area contributed by atoms with Crippen molar-refractivity contribution in [2.45, 2.75) is 78.5 Å². The van der Waals surface area contributed by atoms with Gasteiger partial charge in [0.25, 0.3) is 0 Å². The van der Waals surface area contributed by atoms with Crippen molar-refractivity contribution >= 4 is 0 Å². The van der Waals surface area contributed by atoms with E-state index in [-0.39, 0.29) is 12.1 Å². The molecule has 0 aromatic carbocycles. The van der Waals surface area contributed by atoms with Crippen molar-refractivity contribution in [1.29, 1.82) is 0 Å². The van der Waals surface area contributed by atoms with Crippen LogP contribution in [-0.2, 0) is 0 Å². The molecule has 3 atom stereocenters. The van der Waals surface area contributed by atoms with E-state index in [1.54, 1.807) is 0 Å². The fourth-order valence-electron chi connectivity index (χ4n) is 3.11. The molecule has 2 nitrogen and oxygen atoms in total. The minimum absolute atomic E-state index is 0.226.